The summed E-state index contributed by atoms with van der Waals surface area (Å²) in [6.45, 7) is 4.21. The van der Waals surface area contributed by atoms with E-state index >= 15 is 0 Å². The molecule has 0 rings (SSSR count). The minimum Gasteiger partial charge on any atom is -0.317 e. The lowest BCUT2D eigenvalue weighted by Gasteiger charge is -2.13. The van der Waals surface area contributed by atoms with Crippen LogP contribution in [0.3, 0.4) is 0 Å². The smallest absolute Gasteiger partial charge is 0.0109 e. The van der Waals surface area contributed by atoms with Crippen LogP contribution in [0.4, 0.5) is 0 Å². The van der Waals surface area contributed by atoms with E-state index in [1.165, 1.54) is 12.8 Å². The number of rotatable bonds is 5. The second-order valence-electron chi connectivity index (χ2n) is 2.68. The van der Waals surface area contributed by atoms with Crippen LogP contribution in [-0.4, -0.2) is 18.0 Å². The molecule has 0 aliphatic carbocycles. The molecule has 0 heterocycles. The second-order valence-corrected chi connectivity index (χ2v) is 3.38. The van der Waals surface area contributed by atoms with E-state index in [-0.39, 0.29) is 0 Å². The van der Waals surface area contributed by atoms with Gasteiger partial charge in [0.25, 0.3) is 0 Å². The summed E-state index contributed by atoms with van der Waals surface area (Å²) < 4.78 is 0. The Morgan fingerprint density at radius 1 is 1.60 bits per heavy atom. The molecule has 0 aliphatic heterocycles. The van der Waals surface area contributed by atoms with Crippen molar-refractivity contribution in [2.24, 2.45) is 0 Å². The first-order chi connectivity index (χ1) is 4.70. The highest BCUT2D eigenvalue weighted by Crippen LogP contribution is 2.01. The molecule has 60 valence electrons. The van der Waals surface area contributed by atoms with Gasteiger partial charge in [0.1, 0.15) is 0 Å². The quantitative estimate of drug-likeness (QED) is 0.617. The topological polar surface area (TPSA) is 12.0 Å². The molecule has 2 heteroatoms. The van der Waals surface area contributed by atoms with Crippen molar-refractivity contribution >= 4 is 17.1 Å². The Kier molecular flexibility index (Phi) is 5.84. The standard InChI is InChI=1S/C8H17NS/c1-4-5-8(9-3)6-7(2)10/h8-9H,4-6H2,1-3H3. The Morgan fingerprint density at radius 3 is 2.50 bits per heavy atom. The maximum Gasteiger partial charge on any atom is 0.0109 e. The average Bonchev–Trinajstić information content (AvgIpc) is 1.86. The summed E-state index contributed by atoms with van der Waals surface area (Å²) in [5.41, 5.74) is 0. The molecule has 1 N–H and O–H groups in total. The predicted molar refractivity (Wildman–Crippen MR) is 50.6 cm³/mol. The minimum atomic E-state index is 0.600. The third-order valence-electron chi connectivity index (χ3n) is 1.58. The summed E-state index contributed by atoms with van der Waals surface area (Å²) in [7, 11) is 2.00. The summed E-state index contributed by atoms with van der Waals surface area (Å²) in [6, 6.07) is 0.600. The van der Waals surface area contributed by atoms with Gasteiger partial charge in [-0.1, -0.05) is 25.6 Å². The van der Waals surface area contributed by atoms with Gasteiger partial charge in [0.2, 0.25) is 0 Å². The third kappa shape index (κ3) is 4.89. The van der Waals surface area contributed by atoms with E-state index in [1.807, 2.05) is 14.0 Å². The molecule has 1 atom stereocenters. The molecule has 0 radical (unpaired) electrons. The Hall–Kier alpha value is 0.0500. The van der Waals surface area contributed by atoms with Gasteiger partial charge in [-0.15, -0.1) is 0 Å². The van der Waals surface area contributed by atoms with E-state index in [0.717, 1.165) is 11.3 Å². The number of hydrogen-bond acceptors (Lipinski definition) is 2. The molecular weight excluding hydrogens is 142 g/mol. The van der Waals surface area contributed by atoms with E-state index in [2.05, 4.69) is 12.2 Å². The zero-order valence-electron chi connectivity index (χ0n) is 7.11. The SMILES string of the molecule is CCCC(CC(C)=S)NC. The van der Waals surface area contributed by atoms with Crippen LogP contribution >= 0.6 is 12.2 Å². The van der Waals surface area contributed by atoms with Crippen LogP contribution < -0.4 is 5.32 Å². The van der Waals surface area contributed by atoms with Crippen LogP contribution in [0, 0.1) is 0 Å². The van der Waals surface area contributed by atoms with Gasteiger partial charge in [-0.25, -0.2) is 0 Å². The zero-order valence-corrected chi connectivity index (χ0v) is 7.92. The van der Waals surface area contributed by atoms with Crippen LogP contribution in [0.1, 0.15) is 33.1 Å². The van der Waals surface area contributed by atoms with Crippen molar-refractivity contribution in [3.63, 3.8) is 0 Å². The van der Waals surface area contributed by atoms with Crippen molar-refractivity contribution < 1.29 is 0 Å². The number of nitrogens with one attached hydrogen (secondary N) is 1. The molecule has 0 bridgehead atoms. The van der Waals surface area contributed by atoms with Gasteiger partial charge in [0, 0.05) is 6.04 Å². The fourth-order valence-electron chi connectivity index (χ4n) is 1.04. The van der Waals surface area contributed by atoms with E-state index in [4.69, 9.17) is 12.2 Å². The molecule has 1 unspecified atom stereocenters. The lowest BCUT2D eigenvalue weighted by Crippen LogP contribution is -2.26. The highest BCUT2D eigenvalue weighted by molar-refractivity contribution is 7.80. The average molecular weight is 159 g/mol. The summed E-state index contributed by atoms with van der Waals surface area (Å²) in [5.74, 6) is 0. The number of thiocarbonyl (C=S) groups is 1. The fraction of sp³-hybridized carbons (Fsp3) is 0.875. The number of hydrogen-bond donors (Lipinski definition) is 1. The molecule has 0 spiro atoms. The van der Waals surface area contributed by atoms with Crippen molar-refractivity contribution in [3.8, 4) is 0 Å². The van der Waals surface area contributed by atoms with Crippen LogP contribution in [0.5, 0.6) is 0 Å². The fourth-order valence-corrected chi connectivity index (χ4v) is 1.25. The van der Waals surface area contributed by atoms with Crippen LogP contribution in [0.25, 0.3) is 0 Å². The predicted octanol–water partition coefficient (Wildman–Crippen LogP) is 2.15. The maximum absolute atomic E-state index is 5.01. The Morgan fingerprint density at radius 2 is 2.20 bits per heavy atom. The molecule has 0 aromatic heterocycles. The zero-order chi connectivity index (χ0) is 7.98. The lowest BCUT2D eigenvalue weighted by atomic mass is 10.1. The van der Waals surface area contributed by atoms with Gasteiger partial charge in [0.05, 0.1) is 0 Å². The summed E-state index contributed by atoms with van der Waals surface area (Å²) >= 11 is 5.01. The maximum atomic E-state index is 5.01. The lowest BCUT2D eigenvalue weighted by molar-refractivity contribution is 0.533. The molecule has 10 heavy (non-hydrogen) atoms. The highest BCUT2D eigenvalue weighted by Gasteiger charge is 2.03. The third-order valence-corrected chi connectivity index (χ3v) is 1.75. The molecule has 1 nitrogen and oxygen atoms in total. The minimum absolute atomic E-state index is 0.600. The first kappa shape index (κ1) is 10.0. The summed E-state index contributed by atoms with van der Waals surface area (Å²) in [6.07, 6.45) is 3.50. The Labute approximate surface area is 69.2 Å². The van der Waals surface area contributed by atoms with E-state index in [1.54, 1.807) is 0 Å². The van der Waals surface area contributed by atoms with Gasteiger partial charge < -0.3 is 5.32 Å². The first-order valence-electron chi connectivity index (χ1n) is 3.87. The Balaban J connectivity index is 3.49. The molecule has 0 aromatic carbocycles. The van der Waals surface area contributed by atoms with Crippen molar-refractivity contribution in [3.05, 3.63) is 0 Å². The molecule has 0 amide bonds. The van der Waals surface area contributed by atoms with Gasteiger partial charge in [-0.05, 0) is 31.7 Å². The molecule has 0 aliphatic rings. The van der Waals surface area contributed by atoms with Crippen LogP contribution in [-0.2, 0) is 0 Å². The van der Waals surface area contributed by atoms with Crippen molar-refractivity contribution in [1.82, 2.24) is 5.32 Å². The van der Waals surface area contributed by atoms with Gasteiger partial charge >= 0.3 is 0 Å². The van der Waals surface area contributed by atoms with Crippen LogP contribution in [0.2, 0.25) is 0 Å². The molecule has 0 saturated heterocycles. The van der Waals surface area contributed by atoms with Crippen molar-refractivity contribution in [2.75, 3.05) is 7.05 Å². The van der Waals surface area contributed by atoms with E-state index < -0.39 is 0 Å². The molecule has 0 saturated carbocycles. The normalized spacial score (nSPS) is 13.1. The second kappa shape index (κ2) is 5.81. The van der Waals surface area contributed by atoms with E-state index in [9.17, 15) is 0 Å². The van der Waals surface area contributed by atoms with Gasteiger partial charge in [-0.2, -0.15) is 0 Å². The molecule has 0 fully saturated rings. The summed E-state index contributed by atoms with van der Waals surface area (Å²) in [4.78, 5) is 1.10. The largest absolute Gasteiger partial charge is 0.317 e. The van der Waals surface area contributed by atoms with Gasteiger partial charge in [0.15, 0.2) is 0 Å². The highest BCUT2D eigenvalue weighted by atomic mass is 32.1. The monoisotopic (exact) mass is 159 g/mol. The molecule has 0 aromatic rings. The molecular formula is C8H17NS. The van der Waals surface area contributed by atoms with Crippen molar-refractivity contribution in [1.29, 1.82) is 0 Å². The van der Waals surface area contributed by atoms with Crippen LogP contribution in [0.15, 0.2) is 0 Å². The van der Waals surface area contributed by atoms with Crippen molar-refractivity contribution in [2.45, 2.75) is 39.2 Å². The van der Waals surface area contributed by atoms with E-state index in [0.29, 0.717) is 6.04 Å². The van der Waals surface area contributed by atoms with Gasteiger partial charge in [-0.3, -0.25) is 0 Å². The first-order valence-corrected chi connectivity index (χ1v) is 4.28. The Bertz CT molecular complexity index is 101. The summed E-state index contributed by atoms with van der Waals surface area (Å²) in [5, 5.41) is 3.25.